The number of phenolic OH excluding ortho intramolecular Hbond substituents is 1. The van der Waals surface area contributed by atoms with E-state index in [2.05, 4.69) is 53.2 Å². The number of pyridine rings is 1. The van der Waals surface area contributed by atoms with Crippen LogP contribution in [-0.2, 0) is 66.0 Å². The number of aromatic nitrogens is 2. The second kappa shape index (κ2) is 21.4. The molecule has 2 aromatic heterocycles. The van der Waals surface area contributed by atoms with Crippen LogP contribution in [0.25, 0.3) is 33.3 Å². The van der Waals surface area contributed by atoms with E-state index in [0.29, 0.717) is 56.6 Å². The number of benzene rings is 3. The van der Waals surface area contributed by atoms with Crippen LogP contribution in [0.3, 0.4) is 0 Å². The Morgan fingerprint density at radius 3 is 2.54 bits per heavy atom. The Bertz CT molecular complexity index is 2790. The number of hydrazine groups is 1. The van der Waals surface area contributed by atoms with E-state index in [1.807, 2.05) is 73.5 Å². The van der Waals surface area contributed by atoms with Crippen molar-refractivity contribution in [3.05, 3.63) is 107 Å². The molecule has 4 amide bonds. The maximum Gasteiger partial charge on any atom is 0.324 e. The van der Waals surface area contributed by atoms with Crippen molar-refractivity contribution in [2.24, 2.45) is 11.3 Å². The Morgan fingerprint density at radius 2 is 1.80 bits per heavy atom. The van der Waals surface area contributed by atoms with Crippen molar-refractivity contribution in [1.29, 1.82) is 0 Å². The number of hydrogen-bond donors (Lipinski definition) is 3. The predicted octanol–water partition coefficient (Wildman–Crippen LogP) is 5.72. The molecule has 3 N–H and O–H groups in total. The van der Waals surface area contributed by atoms with Crippen LogP contribution in [0.4, 0.5) is 0 Å². The van der Waals surface area contributed by atoms with E-state index in [9.17, 15) is 29.1 Å². The van der Waals surface area contributed by atoms with Crippen LogP contribution in [0, 0.1) is 11.3 Å². The summed E-state index contributed by atoms with van der Waals surface area (Å²) in [4.78, 5) is 80.0. The van der Waals surface area contributed by atoms with Crippen molar-refractivity contribution in [2.75, 3.05) is 47.4 Å². The molecule has 2 fully saturated rings. The highest BCUT2D eigenvalue weighted by molar-refractivity contribution is 5.96. The summed E-state index contributed by atoms with van der Waals surface area (Å²) in [5, 5.41) is 16.7. The first-order chi connectivity index (χ1) is 34.0. The second-order valence-electron chi connectivity index (χ2n) is 20.5. The molecule has 0 spiro atoms. The van der Waals surface area contributed by atoms with Crippen LogP contribution in [0.15, 0.2) is 85.2 Å². The third-order valence-electron chi connectivity index (χ3n) is 14.0. The number of ether oxygens (including phenoxy) is 2. The van der Waals surface area contributed by atoms with E-state index in [1.54, 1.807) is 32.5 Å². The molecule has 0 radical (unpaired) electrons. The molecular weight excluding hydrogens is 901 g/mol. The SMILES string of the molecule is CCn1c(-c2cnccc2COC)c2c3cc(ccc31)-c1cc(O)cc(c1)C[C@H](NC(=O)[C@H](C(C)C)N(C)C(=O)CN(C)C(=O)[C@H]1CN1Cc1ccccc1)C(=O)N1CCC[C@H](N1)C(=O)OCC(C)(C)C2. The van der Waals surface area contributed by atoms with Crippen molar-refractivity contribution in [1.82, 2.24) is 40.0 Å². The Balaban J connectivity index is 1.11. The molecule has 16 nitrogen and oxygen atoms in total. The smallest absolute Gasteiger partial charge is 0.324 e. The third kappa shape index (κ3) is 11.3. The molecule has 3 aliphatic heterocycles. The fraction of sp³-hybridized carbons (Fsp3) is 0.455. The Kier molecular flexibility index (Phi) is 15.3. The molecule has 16 heteroatoms. The summed E-state index contributed by atoms with van der Waals surface area (Å²) < 4.78 is 14.0. The first-order valence-electron chi connectivity index (χ1n) is 24.7. The summed E-state index contributed by atoms with van der Waals surface area (Å²) in [6.07, 6.45) is 5.08. The number of hydrogen-bond acceptors (Lipinski definition) is 11. The van der Waals surface area contributed by atoms with E-state index >= 15 is 0 Å². The Labute approximate surface area is 416 Å². The van der Waals surface area contributed by atoms with Gasteiger partial charge in [0.05, 0.1) is 25.5 Å². The molecule has 8 rings (SSSR count). The number of nitrogens with zero attached hydrogens (tertiary/aromatic N) is 6. The molecule has 5 aromatic rings. The van der Waals surface area contributed by atoms with Gasteiger partial charge >= 0.3 is 5.97 Å². The zero-order chi connectivity index (χ0) is 50.7. The lowest BCUT2D eigenvalue weighted by molar-refractivity contribution is -0.155. The minimum atomic E-state index is -1.19. The van der Waals surface area contributed by atoms with Crippen LogP contribution < -0.4 is 10.7 Å². The number of rotatable bonds is 13. The number of aromatic hydroxyl groups is 1. The van der Waals surface area contributed by atoms with Gasteiger partial charge in [-0.25, -0.2) is 5.43 Å². The first kappa shape index (κ1) is 50.8. The lowest BCUT2D eigenvalue weighted by atomic mass is 9.84. The summed E-state index contributed by atoms with van der Waals surface area (Å²) in [6.45, 7) is 12.3. The van der Waals surface area contributed by atoms with Gasteiger partial charge in [-0.1, -0.05) is 70.2 Å². The lowest BCUT2D eigenvalue weighted by Crippen LogP contribution is -2.62. The van der Waals surface area contributed by atoms with Gasteiger partial charge in [0.2, 0.25) is 17.7 Å². The summed E-state index contributed by atoms with van der Waals surface area (Å²) in [5.74, 6) is -2.55. The Morgan fingerprint density at radius 1 is 1.03 bits per heavy atom. The maximum atomic E-state index is 14.8. The van der Waals surface area contributed by atoms with E-state index in [4.69, 9.17) is 9.47 Å². The van der Waals surface area contributed by atoms with Crippen LogP contribution in [0.5, 0.6) is 5.75 Å². The number of nitrogens with one attached hydrogen (secondary N) is 2. The minimum Gasteiger partial charge on any atom is -0.508 e. The number of phenols is 1. The van der Waals surface area contributed by atoms with Gasteiger partial charge in [0, 0.05) is 88.1 Å². The number of carbonyl (C=O) groups is 5. The van der Waals surface area contributed by atoms with E-state index in [-0.39, 0.29) is 49.7 Å². The summed E-state index contributed by atoms with van der Waals surface area (Å²) in [6, 6.07) is 19.9. The average Bonchev–Trinajstić information content (AvgIpc) is 4.05. The quantitative estimate of drug-likeness (QED) is 0.0972. The number of aryl methyl sites for hydroxylation is 1. The number of esters is 1. The number of carbonyl (C=O) groups excluding carboxylic acids is 5. The first-order valence-corrected chi connectivity index (χ1v) is 24.7. The van der Waals surface area contributed by atoms with Gasteiger partial charge in [-0.05, 0) is 95.8 Å². The number of likely N-dealkylation sites (N-methyl/N-ethyl adjacent to an activating group) is 2. The van der Waals surface area contributed by atoms with Crippen LogP contribution in [0.2, 0.25) is 0 Å². The molecule has 0 aliphatic carbocycles. The standard InChI is InChI=1S/C55H68N8O8/c1-9-62-46-18-17-37-26-41(46)42(50(62)43-28-56-20-19-38(43)32-70-8)27-55(4,5)33-71-54(69)44-16-13-21-63(58-44)52(67)45(24-36-22-39(37)25-40(64)23-36)57-51(66)49(34(2)3)60(7)48(65)31-59(6)53(68)47-30-61(47)29-35-14-11-10-12-15-35/h10-12,14-15,17-20,22-23,25-26,28,34,44-45,47,49,58,64H,9,13,16,21,24,27,29-33H2,1-8H3,(H,57,66)/t44-,45-,47+,49-,61?/m0/s1. The molecule has 2 saturated heterocycles. The largest absolute Gasteiger partial charge is 0.508 e. The summed E-state index contributed by atoms with van der Waals surface area (Å²) in [5.41, 5.74) is 10.8. The molecule has 0 saturated carbocycles. The van der Waals surface area contributed by atoms with E-state index < -0.39 is 47.2 Å². The average molecular weight is 969 g/mol. The zero-order valence-electron chi connectivity index (χ0n) is 42.2. The van der Waals surface area contributed by atoms with Gasteiger partial charge < -0.3 is 34.3 Å². The van der Waals surface area contributed by atoms with E-state index in [1.165, 1.54) is 21.9 Å². The van der Waals surface area contributed by atoms with Gasteiger partial charge in [0.25, 0.3) is 5.91 Å². The highest BCUT2D eigenvalue weighted by Crippen LogP contribution is 2.41. The maximum absolute atomic E-state index is 14.8. The van der Waals surface area contributed by atoms with Crippen LogP contribution in [0.1, 0.15) is 69.7 Å². The molecule has 71 heavy (non-hydrogen) atoms. The van der Waals surface area contributed by atoms with Crippen molar-refractivity contribution in [3.63, 3.8) is 0 Å². The molecule has 5 atom stereocenters. The van der Waals surface area contributed by atoms with Gasteiger partial charge in [-0.2, -0.15) is 0 Å². The fourth-order valence-electron chi connectivity index (χ4n) is 10.3. The molecule has 1 unspecified atom stereocenters. The van der Waals surface area contributed by atoms with Crippen molar-refractivity contribution >= 4 is 40.5 Å². The summed E-state index contributed by atoms with van der Waals surface area (Å²) in [7, 11) is 4.80. The molecule has 376 valence electrons. The molecule has 3 aliphatic rings. The minimum absolute atomic E-state index is 0.0189. The van der Waals surface area contributed by atoms with Gasteiger partial charge in [0.15, 0.2) is 0 Å². The molecular formula is C55H68N8O8. The number of amides is 4. The Hall–Kier alpha value is -6.62. The number of fused-ring (bicyclic) bond motifs is 6. The highest BCUT2D eigenvalue weighted by atomic mass is 16.5. The predicted molar refractivity (Wildman–Crippen MR) is 270 cm³/mol. The molecule has 3 aromatic carbocycles. The molecule has 5 heterocycles. The topological polar surface area (TPSA) is 179 Å². The van der Waals surface area contributed by atoms with Crippen molar-refractivity contribution in [3.8, 4) is 28.1 Å². The fourth-order valence-corrected chi connectivity index (χ4v) is 10.3. The lowest BCUT2D eigenvalue weighted by Gasteiger charge is -2.37. The number of cyclic esters (lactones) is 1. The second-order valence-corrected chi connectivity index (χ2v) is 20.5. The molecule has 6 bridgehead atoms. The van der Waals surface area contributed by atoms with Gasteiger partial charge in [-0.3, -0.25) is 38.9 Å². The van der Waals surface area contributed by atoms with Gasteiger partial charge in [0.1, 0.15) is 29.9 Å². The monoisotopic (exact) mass is 969 g/mol. The summed E-state index contributed by atoms with van der Waals surface area (Å²) >= 11 is 0. The van der Waals surface area contributed by atoms with E-state index in [0.717, 1.165) is 44.4 Å². The van der Waals surface area contributed by atoms with Crippen molar-refractivity contribution < 1.29 is 38.6 Å². The number of methoxy groups -OCH3 is 1. The van der Waals surface area contributed by atoms with Crippen LogP contribution >= 0.6 is 0 Å². The zero-order valence-corrected chi connectivity index (χ0v) is 42.2. The normalized spacial score (nSPS) is 20.5. The highest BCUT2D eigenvalue weighted by Gasteiger charge is 2.43. The van der Waals surface area contributed by atoms with Crippen LogP contribution in [-0.4, -0.2) is 136 Å². The third-order valence-corrected chi connectivity index (χ3v) is 14.0. The van der Waals surface area contributed by atoms with Gasteiger partial charge in [-0.15, -0.1) is 0 Å². The van der Waals surface area contributed by atoms with Crippen molar-refractivity contribution in [2.45, 2.75) is 104 Å².